The van der Waals surface area contributed by atoms with Gasteiger partial charge in [-0.1, -0.05) is 46.3 Å². The van der Waals surface area contributed by atoms with Crippen LogP contribution in [-0.4, -0.2) is 44.8 Å². The Morgan fingerprint density at radius 2 is 1.77 bits per heavy atom. The van der Waals surface area contributed by atoms with E-state index in [-0.39, 0.29) is 29.5 Å². The van der Waals surface area contributed by atoms with E-state index in [9.17, 15) is 14.4 Å². The molecule has 3 unspecified atom stereocenters. The van der Waals surface area contributed by atoms with Crippen molar-refractivity contribution in [3.63, 3.8) is 0 Å². The molecule has 8 heteroatoms. The average Bonchev–Trinajstić information content (AvgIpc) is 2.96. The number of benzene rings is 2. The van der Waals surface area contributed by atoms with Crippen LogP contribution in [0.15, 0.2) is 59.1 Å². The van der Waals surface area contributed by atoms with Crippen molar-refractivity contribution in [1.29, 1.82) is 0 Å². The Morgan fingerprint density at radius 1 is 1.10 bits per heavy atom. The third-order valence-corrected chi connectivity index (χ3v) is 7.43. The summed E-state index contributed by atoms with van der Waals surface area (Å²) in [7, 11) is 0. The lowest BCUT2D eigenvalue weighted by molar-refractivity contribution is -0.154. The first-order valence-electron chi connectivity index (χ1n) is 9.66. The van der Waals surface area contributed by atoms with E-state index < -0.39 is 16.8 Å². The van der Waals surface area contributed by atoms with Crippen LogP contribution in [0.1, 0.15) is 19.4 Å². The Bertz CT molecular complexity index is 981. The second-order valence-corrected chi connectivity index (χ2v) is 10.7. The van der Waals surface area contributed by atoms with Gasteiger partial charge >= 0.3 is 0 Å². The van der Waals surface area contributed by atoms with Crippen molar-refractivity contribution in [2.24, 2.45) is 0 Å². The molecule has 0 bridgehead atoms. The summed E-state index contributed by atoms with van der Waals surface area (Å²) in [5.41, 5.74) is 1.57. The number of carbonyl (C=O) groups is 3. The maximum Gasteiger partial charge on any atom is 0.249 e. The van der Waals surface area contributed by atoms with Crippen LogP contribution in [0.5, 0.6) is 0 Å². The Hall–Kier alpha value is -2.32. The fourth-order valence-corrected chi connectivity index (χ4v) is 5.82. The van der Waals surface area contributed by atoms with Crippen molar-refractivity contribution < 1.29 is 14.4 Å². The summed E-state index contributed by atoms with van der Waals surface area (Å²) in [6, 6.07) is 15.5. The van der Waals surface area contributed by atoms with E-state index in [2.05, 4.69) is 26.6 Å². The monoisotopic (exact) mass is 487 g/mol. The number of fused-ring (bicyclic) bond motifs is 1. The summed E-state index contributed by atoms with van der Waals surface area (Å²) in [5.74, 6) is -0.629. The molecule has 2 saturated heterocycles. The predicted octanol–water partition coefficient (Wildman–Crippen LogP) is 3.18. The van der Waals surface area contributed by atoms with Crippen molar-refractivity contribution in [2.75, 3.05) is 5.32 Å². The second kappa shape index (κ2) is 8.07. The lowest BCUT2D eigenvalue weighted by Crippen LogP contribution is -2.71. The molecule has 2 aromatic rings. The first-order valence-corrected chi connectivity index (χ1v) is 11.3. The number of nitrogens with one attached hydrogen (secondary N) is 2. The summed E-state index contributed by atoms with van der Waals surface area (Å²) in [5, 5.41) is 5.51. The number of rotatable bonds is 5. The number of halogens is 1. The van der Waals surface area contributed by atoms with Crippen LogP contribution in [0.25, 0.3) is 0 Å². The standard InChI is InChI=1S/C22H22BrN3O3S/c1-22(2)18(19(28)24-15-10-8-14(23)9-11-15)26-20(29)17(21(26)30-22)25-16(27)12-13-6-4-3-5-7-13/h3-11,17-18,21H,12H2,1-2H3,(H,24,28)(H,25,27). The third kappa shape index (κ3) is 3.98. The number of hydrogen-bond acceptors (Lipinski definition) is 4. The molecule has 3 atom stereocenters. The number of hydrogen-bond donors (Lipinski definition) is 2. The molecule has 0 saturated carbocycles. The highest BCUT2D eigenvalue weighted by Gasteiger charge is 2.63. The minimum absolute atomic E-state index is 0.194. The molecule has 2 heterocycles. The zero-order valence-corrected chi connectivity index (χ0v) is 19.0. The summed E-state index contributed by atoms with van der Waals surface area (Å²) >= 11 is 4.92. The van der Waals surface area contributed by atoms with E-state index in [0.717, 1.165) is 10.0 Å². The molecule has 2 fully saturated rings. The number of nitrogens with zero attached hydrogens (tertiary/aromatic N) is 1. The molecule has 0 spiro atoms. The first-order chi connectivity index (χ1) is 14.3. The zero-order chi connectivity index (χ0) is 21.5. The van der Waals surface area contributed by atoms with Gasteiger partial charge in [0.05, 0.1) is 6.42 Å². The van der Waals surface area contributed by atoms with Gasteiger partial charge in [0, 0.05) is 14.9 Å². The van der Waals surface area contributed by atoms with Crippen LogP contribution in [-0.2, 0) is 20.8 Å². The number of anilines is 1. The molecule has 2 aliphatic heterocycles. The van der Waals surface area contributed by atoms with Crippen LogP contribution in [0.2, 0.25) is 0 Å². The SMILES string of the molecule is CC1(C)SC2C(NC(=O)Cc3ccccc3)C(=O)N2C1C(=O)Nc1ccc(Br)cc1. The van der Waals surface area contributed by atoms with Gasteiger partial charge < -0.3 is 15.5 Å². The smallest absolute Gasteiger partial charge is 0.249 e. The molecule has 2 aliphatic rings. The van der Waals surface area contributed by atoms with Gasteiger partial charge in [0.25, 0.3) is 0 Å². The Balaban J connectivity index is 1.43. The van der Waals surface area contributed by atoms with Gasteiger partial charge in [-0.15, -0.1) is 11.8 Å². The fourth-order valence-electron chi connectivity index (χ4n) is 3.92. The van der Waals surface area contributed by atoms with Gasteiger partial charge in [-0.05, 0) is 43.7 Å². The topological polar surface area (TPSA) is 78.5 Å². The number of carbonyl (C=O) groups excluding carboxylic acids is 3. The Morgan fingerprint density at radius 3 is 2.43 bits per heavy atom. The lowest BCUT2D eigenvalue weighted by atomic mass is 9.95. The second-order valence-electron chi connectivity index (χ2n) is 7.96. The highest BCUT2D eigenvalue weighted by molar-refractivity contribution is 9.10. The molecule has 3 amide bonds. The van der Waals surface area contributed by atoms with E-state index in [0.29, 0.717) is 5.69 Å². The maximum absolute atomic E-state index is 13.0. The number of amides is 3. The third-order valence-electron chi connectivity index (χ3n) is 5.33. The molecule has 4 rings (SSSR count). The van der Waals surface area contributed by atoms with Gasteiger partial charge in [-0.3, -0.25) is 14.4 Å². The molecule has 0 aromatic heterocycles. The van der Waals surface area contributed by atoms with Crippen LogP contribution >= 0.6 is 27.7 Å². The van der Waals surface area contributed by atoms with Crippen molar-refractivity contribution in [1.82, 2.24) is 10.2 Å². The van der Waals surface area contributed by atoms with Gasteiger partial charge in [-0.2, -0.15) is 0 Å². The molecule has 6 nitrogen and oxygen atoms in total. The van der Waals surface area contributed by atoms with Crippen molar-refractivity contribution in [3.8, 4) is 0 Å². The van der Waals surface area contributed by atoms with Crippen molar-refractivity contribution >= 4 is 51.1 Å². The first kappa shape index (κ1) is 20.9. The van der Waals surface area contributed by atoms with Crippen LogP contribution in [0, 0.1) is 0 Å². The van der Waals surface area contributed by atoms with Gasteiger partial charge in [0.2, 0.25) is 17.7 Å². The van der Waals surface area contributed by atoms with E-state index in [4.69, 9.17) is 0 Å². The Kier molecular flexibility index (Phi) is 5.63. The predicted molar refractivity (Wildman–Crippen MR) is 121 cm³/mol. The van der Waals surface area contributed by atoms with Crippen LogP contribution in [0.4, 0.5) is 5.69 Å². The van der Waals surface area contributed by atoms with Crippen molar-refractivity contribution in [3.05, 3.63) is 64.6 Å². The molecular weight excluding hydrogens is 466 g/mol. The number of β-lactam (4-membered cyclic amide) rings is 1. The van der Waals surface area contributed by atoms with E-state index in [1.165, 1.54) is 0 Å². The zero-order valence-electron chi connectivity index (χ0n) is 16.6. The molecule has 2 N–H and O–H groups in total. The quantitative estimate of drug-likeness (QED) is 0.634. The van der Waals surface area contributed by atoms with E-state index >= 15 is 0 Å². The van der Waals surface area contributed by atoms with Crippen LogP contribution in [0.3, 0.4) is 0 Å². The van der Waals surface area contributed by atoms with E-state index in [1.807, 2.05) is 56.3 Å². The number of thioether (sulfide) groups is 1. The summed E-state index contributed by atoms with van der Waals surface area (Å²) < 4.78 is 0.447. The van der Waals surface area contributed by atoms with Gasteiger partial charge in [0.15, 0.2) is 0 Å². The summed E-state index contributed by atoms with van der Waals surface area (Å²) in [6.07, 6.45) is 0.221. The lowest BCUT2D eigenvalue weighted by Gasteiger charge is -2.44. The van der Waals surface area contributed by atoms with E-state index in [1.54, 1.807) is 28.8 Å². The molecule has 0 radical (unpaired) electrons. The Labute approximate surface area is 187 Å². The molecular formula is C22H22BrN3O3S. The van der Waals surface area contributed by atoms with Crippen molar-refractivity contribution in [2.45, 2.75) is 42.5 Å². The minimum Gasteiger partial charge on any atom is -0.341 e. The molecule has 156 valence electrons. The highest BCUT2D eigenvalue weighted by Crippen LogP contribution is 2.51. The molecule has 0 aliphatic carbocycles. The minimum atomic E-state index is -0.606. The summed E-state index contributed by atoms with van der Waals surface area (Å²) in [6.45, 7) is 3.91. The molecule has 30 heavy (non-hydrogen) atoms. The highest BCUT2D eigenvalue weighted by atomic mass is 79.9. The van der Waals surface area contributed by atoms with Gasteiger partial charge in [0.1, 0.15) is 17.5 Å². The largest absolute Gasteiger partial charge is 0.341 e. The maximum atomic E-state index is 13.0. The molecule has 2 aromatic carbocycles. The van der Waals surface area contributed by atoms with Gasteiger partial charge in [-0.25, -0.2) is 0 Å². The fraction of sp³-hybridized carbons (Fsp3) is 0.318. The average molecular weight is 488 g/mol. The summed E-state index contributed by atoms with van der Waals surface area (Å²) in [4.78, 5) is 39.9. The normalized spacial score (nSPS) is 24.0. The van der Waals surface area contributed by atoms with Crippen LogP contribution < -0.4 is 10.6 Å².